The first-order valence-electron chi connectivity index (χ1n) is 4.15. The molecule has 0 aromatic carbocycles. The molecule has 7 heteroatoms. The van der Waals surface area contributed by atoms with Gasteiger partial charge in [-0.25, -0.2) is 13.8 Å². The molecule has 1 aromatic rings. The summed E-state index contributed by atoms with van der Waals surface area (Å²) in [5, 5.41) is 0. The number of halogens is 4. The van der Waals surface area contributed by atoms with Crippen LogP contribution in [-0.4, -0.2) is 18.1 Å². The van der Waals surface area contributed by atoms with E-state index >= 15 is 0 Å². The third-order valence-electron chi connectivity index (χ3n) is 1.78. The first-order valence-corrected chi connectivity index (χ1v) is 5.74. The van der Waals surface area contributed by atoms with Crippen molar-refractivity contribution in [3.05, 3.63) is 26.4 Å². The monoisotopic (exact) mass is 357 g/mol. The van der Waals surface area contributed by atoms with Crippen molar-refractivity contribution in [1.29, 1.82) is 0 Å². The molecule has 0 unspecified atom stereocenters. The average Bonchev–Trinajstić information content (AvgIpc) is 2.21. The average molecular weight is 359 g/mol. The number of nitrogens with zero attached hydrogens (tertiary/aromatic N) is 1. The Bertz CT molecular complexity index is 413. The summed E-state index contributed by atoms with van der Waals surface area (Å²) in [6.07, 6.45) is -2.84. The molecule has 1 rings (SSSR count). The van der Waals surface area contributed by atoms with Gasteiger partial charge in [-0.2, -0.15) is 0 Å². The first-order chi connectivity index (χ1) is 7.45. The van der Waals surface area contributed by atoms with Crippen molar-refractivity contribution >= 4 is 37.8 Å². The maximum atomic E-state index is 12.5. The van der Waals surface area contributed by atoms with E-state index in [0.717, 1.165) is 0 Å². The molecule has 0 atom stereocenters. The van der Waals surface area contributed by atoms with Crippen LogP contribution in [0.3, 0.4) is 0 Å². The summed E-state index contributed by atoms with van der Waals surface area (Å²) in [6, 6.07) is 1.44. The summed E-state index contributed by atoms with van der Waals surface area (Å²) >= 11 is 6.12. The second kappa shape index (κ2) is 5.67. The number of carbonyl (C=O) groups is 1. The molecule has 3 nitrogen and oxygen atoms in total. The van der Waals surface area contributed by atoms with Gasteiger partial charge in [0.2, 0.25) is 0 Å². The normalized spacial score (nSPS) is 10.6. The molecule has 0 amide bonds. The lowest BCUT2D eigenvalue weighted by molar-refractivity contribution is -0.139. The summed E-state index contributed by atoms with van der Waals surface area (Å²) in [6.45, 7) is 0. The number of rotatable bonds is 3. The number of esters is 1. The molecule has 0 saturated carbocycles. The molecule has 0 bridgehead atoms. The van der Waals surface area contributed by atoms with E-state index in [1.54, 1.807) is 0 Å². The van der Waals surface area contributed by atoms with Crippen molar-refractivity contribution in [1.82, 2.24) is 4.98 Å². The van der Waals surface area contributed by atoms with Gasteiger partial charge in [-0.05, 0) is 37.9 Å². The van der Waals surface area contributed by atoms with Gasteiger partial charge >= 0.3 is 5.97 Å². The van der Waals surface area contributed by atoms with E-state index < -0.39 is 12.4 Å². The van der Waals surface area contributed by atoms with Gasteiger partial charge in [0, 0.05) is 8.95 Å². The van der Waals surface area contributed by atoms with Crippen LogP contribution in [0.15, 0.2) is 15.0 Å². The van der Waals surface area contributed by atoms with Crippen LogP contribution in [0.4, 0.5) is 8.78 Å². The number of alkyl halides is 2. The van der Waals surface area contributed by atoms with Crippen molar-refractivity contribution in [2.24, 2.45) is 0 Å². The molecule has 0 aliphatic rings. The summed E-state index contributed by atoms with van der Waals surface area (Å²) in [5.74, 6) is -0.532. The number of carbonyl (C=O) groups excluding carboxylic acids is 1. The van der Waals surface area contributed by atoms with Crippen molar-refractivity contribution < 1.29 is 18.3 Å². The van der Waals surface area contributed by atoms with Crippen molar-refractivity contribution in [2.75, 3.05) is 7.11 Å². The number of hydrogen-bond donors (Lipinski definition) is 0. The van der Waals surface area contributed by atoms with Crippen LogP contribution >= 0.6 is 31.9 Å². The number of ether oxygens (including phenoxy) is 1. The molecule has 0 spiro atoms. The standard InChI is InChI=1S/C9H7Br2F2NO2/c1-16-7(15)3-6-4(10)2-5(11)8(14-6)9(12)13/h2,9H,3H2,1H3. The van der Waals surface area contributed by atoms with E-state index in [-0.39, 0.29) is 22.3 Å². The van der Waals surface area contributed by atoms with Gasteiger partial charge in [-0.1, -0.05) is 0 Å². The van der Waals surface area contributed by atoms with Gasteiger partial charge in [0.1, 0.15) is 5.69 Å². The Hall–Kier alpha value is -0.560. The molecule has 1 heterocycles. The summed E-state index contributed by atoms with van der Waals surface area (Å²) < 4.78 is 30.2. The minimum absolute atomic E-state index is 0.149. The van der Waals surface area contributed by atoms with Crippen molar-refractivity contribution in [3.63, 3.8) is 0 Å². The van der Waals surface area contributed by atoms with Crippen LogP contribution in [0.5, 0.6) is 0 Å². The number of aromatic nitrogens is 1. The lowest BCUT2D eigenvalue weighted by atomic mass is 10.2. The quantitative estimate of drug-likeness (QED) is 0.778. The zero-order valence-electron chi connectivity index (χ0n) is 8.14. The molecule has 0 fully saturated rings. The highest BCUT2D eigenvalue weighted by Crippen LogP contribution is 2.29. The van der Waals surface area contributed by atoms with Crippen molar-refractivity contribution in [2.45, 2.75) is 12.8 Å². The van der Waals surface area contributed by atoms with Crippen LogP contribution in [0.25, 0.3) is 0 Å². The van der Waals surface area contributed by atoms with Gasteiger partial charge in [-0.3, -0.25) is 4.79 Å². The zero-order chi connectivity index (χ0) is 12.3. The highest BCUT2D eigenvalue weighted by atomic mass is 79.9. The lowest BCUT2D eigenvalue weighted by Crippen LogP contribution is -2.08. The second-order valence-electron chi connectivity index (χ2n) is 2.84. The van der Waals surface area contributed by atoms with Crippen LogP contribution < -0.4 is 0 Å². The third kappa shape index (κ3) is 3.21. The van der Waals surface area contributed by atoms with Gasteiger partial charge < -0.3 is 4.74 Å². The Balaban J connectivity index is 3.09. The third-order valence-corrected chi connectivity index (χ3v) is 3.10. The van der Waals surface area contributed by atoms with Crippen molar-refractivity contribution in [3.8, 4) is 0 Å². The molecular weight excluding hydrogens is 352 g/mol. The van der Waals surface area contributed by atoms with Crippen LogP contribution in [0, 0.1) is 0 Å². The van der Waals surface area contributed by atoms with E-state index in [4.69, 9.17) is 0 Å². The van der Waals surface area contributed by atoms with E-state index in [9.17, 15) is 13.6 Å². The Morgan fingerprint density at radius 1 is 1.50 bits per heavy atom. The minimum Gasteiger partial charge on any atom is -0.469 e. The Labute approximate surface area is 107 Å². The maximum Gasteiger partial charge on any atom is 0.311 e. The minimum atomic E-state index is -2.70. The Morgan fingerprint density at radius 3 is 2.62 bits per heavy atom. The second-order valence-corrected chi connectivity index (χ2v) is 4.55. The SMILES string of the molecule is COC(=O)Cc1nc(C(F)F)c(Br)cc1Br. The fourth-order valence-electron chi connectivity index (χ4n) is 1.01. The molecule has 0 N–H and O–H groups in total. The van der Waals surface area contributed by atoms with Crippen LogP contribution in [-0.2, 0) is 16.0 Å². The lowest BCUT2D eigenvalue weighted by Gasteiger charge is -2.07. The first kappa shape index (κ1) is 13.5. The Kier molecular flexibility index (Phi) is 4.79. The molecule has 0 aliphatic carbocycles. The fraction of sp³-hybridized carbons (Fsp3) is 0.333. The molecule has 88 valence electrons. The highest BCUT2D eigenvalue weighted by Gasteiger charge is 2.18. The van der Waals surface area contributed by atoms with E-state index in [1.807, 2.05) is 0 Å². The Morgan fingerprint density at radius 2 is 2.12 bits per heavy atom. The highest BCUT2D eigenvalue weighted by molar-refractivity contribution is 9.11. The topological polar surface area (TPSA) is 39.2 Å². The predicted molar refractivity (Wildman–Crippen MR) is 60.3 cm³/mol. The molecular formula is C9H7Br2F2NO2. The number of pyridine rings is 1. The molecule has 1 aromatic heterocycles. The number of methoxy groups -OCH3 is 1. The van der Waals surface area contributed by atoms with Crippen LogP contribution in [0.1, 0.15) is 17.8 Å². The predicted octanol–water partition coefficient (Wildman–Crippen LogP) is 3.26. The summed E-state index contributed by atoms with van der Waals surface area (Å²) in [7, 11) is 1.23. The van der Waals surface area contributed by atoms with Gasteiger partial charge in [0.15, 0.2) is 0 Å². The maximum absolute atomic E-state index is 12.5. The van der Waals surface area contributed by atoms with Gasteiger partial charge in [0.25, 0.3) is 6.43 Å². The largest absolute Gasteiger partial charge is 0.469 e. The molecule has 0 saturated heterocycles. The summed E-state index contributed by atoms with van der Waals surface area (Å²) in [4.78, 5) is 14.7. The van der Waals surface area contributed by atoms with E-state index in [2.05, 4.69) is 41.6 Å². The van der Waals surface area contributed by atoms with Crippen LogP contribution in [0.2, 0.25) is 0 Å². The van der Waals surface area contributed by atoms with E-state index in [0.29, 0.717) is 4.47 Å². The molecule has 16 heavy (non-hydrogen) atoms. The number of hydrogen-bond acceptors (Lipinski definition) is 3. The van der Waals surface area contributed by atoms with Gasteiger partial charge in [0.05, 0.1) is 19.2 Å². The fourth-order valence-corrected chi connectivity index (χ4v) is 2.26. The van der Waals surface area contributed by atoms with Gasteiger partial charge in [-0.15, -0.1) is 0 Å². The molecule has 0 aliphatic heterocycles. The smallest absolute Gasteiger partial charge is 0.311 e. The zero-order valence-corrected chi connectivity index (χ0v) is 11.3. The van der Waals surface area contributed by atoms with E-state index in [1.165, 1.54) is 13.2 Å². The summed E-state index contributed by atoms with van der Waals surface area (Å²) in [5.41, 5.74) is -0.160. The molecule has 0 radical (unpaired) electrons.